The predicted octanol–water partition coefficient (Wildman–Crippen LogP) is 4.01. The highest BCUT2D eigenvalue weighted by molar-refractivity contribution is 7.89. The monoisotopic (exact) mass is 505 g/mol. The van der Waals surface area contributed by atoms with Crippen LogP contribution in [0.25, 0.3) is 10.9 Å². The number of nitrogens with zero attached hydrogens (tertiary/aromatic N) is 2. The highest BCUT2D eigenvalue weighted by atomic mass is 32.2. The molecular formula is C27H27N3O5S. The molecule has 0 unspecified atom stereocenters. The third kappa shape index (κ3) is 4.59. The molecule has 4 aromatic rings. The summed E-state index contributed by atoms with van der Waals surface area (Å²) in [6.07, 6.45) is 3.27. The van der Waals surface area contributed by atoms with E-state index in [1.54, 1.807) is 50.5 Å². The van der Waals surface area contributed by atoms with Crippen molar-refractivity contribution in [3.63, 3.8) is 0 Å². The average molecular weight is 506 g/mol. The van der Waals surface area contributed by atoms with E-state index in [9.17, 15) is 13.2 Å². The Kier molecular flexibility index (Phi) is 6.27. The number of aryl methyl sites for hydroxylation is 3. The summed E-state index contributed by atoms with van der Waals surface area (Å²) in [5.74, 6) is 1.17. The van der Waals surface area contributed by atoms with Gasteiger partial charge in [0.2, 0.25) is 10.0 Å². The second kappa shape index (κ2) is 9.40. The lowest BCUT2D eigenvalue weighted by molar-refractivity contribution is 0.172. The lowest BCUT2D eigenvalue weighted by Crippen LogP contribution is -2.33. The minimum absolute atomic E-state index is 0.0710. The standard InChI is InChI=1S/C27H27N3O5S/c1-17-9-18(2)26(19(3)10-17)36(32,33)30(15-20-5-4-6-28-14-20)16-22-11-21-12-24-25(35-8-7-34-24)13-23(21)29-27(22)31/h4-6,9-14H,7-8,15-16H2,1-3H3,(H,29,31). The van der Waals surface area contributed by atoms with E-state index in [0.717, 1.165) is 16.5 Å². The molecule has 0 saturated carbocycles. The van der Waals surface area contributed by atoms with E-state index in [-0.39, 0.29) is 23.5 Å². The number of pyridine rings is 2. The number of sulfonamides is 1. The molecule has 2 aromatic heterocycles. The number of hydrogen-bond donors (Lipinski definition) is 1. The smallest absolute Gasteiger partial charge is 0.252 e. The molecule has 1 aliphatic rings. The molecule has 36 heavy (non-hydrogen) atoms. The van der Waals surface area contributed by atoms with Gasteiger partial charge in [0.25, 0.3) is 5.56 Å². The van der Waals surface area contributed by atoms with E-state index in [4.69, 9.17) is 9.47 Å². The molecule has 0 radical (unpaired) electrons. The van der Waals surface area contributed by atoms with Crippen LogP contribution in [0, 0.1) is 20.8 Å². The van der Waals surface area contributed by atoms with E-state index < -0.39 is 10.0 Å². The molecule has 5 rings (SSSR count). The number of aromatic nitrogens is 2. The Bertz CT molecular complexity index is 1590. The number of aromatic amines is 1. The van der Waals surface area contributed by atoms with Gasteiger partial charge in [0, 0.05) is 42.5 Å². The van der Waals surface area contributed by atoms with Gasteiger partial charge in [0.1, 0.15) is 13.2 Å². The van der Waals surface area contributed by atoms with Gasteiger partial charge in [-0.1, -0.05) is 23.8 Å². The zero-order valence-electron chi connectivity index (χ0n) is 20.4. The number of fused-ring (bicyclic) bond motifs is 2. The third-order valence-electron chi connectivity index (χ3n) is 6.21. The SMILES string of the molecule is Cc1cc(C)c(S(=O)(=O)N(Cc2cccnc2)Cc2cc3cc4c(cc3[nH]c2=O)OCCO4)c(C)c1. The number of H-pyrrole nitrogens is 1. The van der Waals surface area contributed by atoms with Crippen LogP contribution in [0.5, 0.6) is 11.5 Å². The first-order chi connectivity index (χ1) is 17.2. The fourth-order valence-electron chi connectivity index (χ4n) is 4.72. The molecule has 0 bridgehead atoms. The molecule has 186 valence electrons. The Labute approximate surface area is 209 Å². The Balaban J connectivity index is 1.60. The molecule has 0 amide bonds. The van der Waals surface area contributed by atoms with Gasteiger partial charge in [-0.05, 0) is 55.7 Å². The van der Waals surface area contributed by atoms with Crippen molar-refractivity contribution in [2.24, 2.45) is 0 Å². The number of nitrogens with one attached hydrogen (secondary N) is 1. The van der Waals surface area contributed by atoms with Crippen LogP contribution in [0.15, 0.2) is 64.5 Å². The zero-order valence-corrected chi connectivity index (χ0v) is 21.2. The van der Waals surface area contributed by atoms with Crippen molar-refractivity contribution >= 4 is 20.9 Å². The van der Waals surface area contributed by atoms with Gasteiger partial charge in [-0.2, -0.15) is 4.31 Å². The van der Waals surface area contributed by atoms with E-state index in [1.807, 2.05) is 25.1 Å². The molecule has 8 nitrogen and oxygen atoms in total. The largest absolute Gasteiger partial charge is 0.486 e. The Hall–Kier alpha value is -3.69. The average Bonchev–Trinajstić information content (AvgIpc) is 2.82. The van der Waals surface area contributed by atoms with Crippen molar-refractivity contribution in [2.45, 2.75) is 38.8 Å². The van der Waals surface area contributed by atoms with Gasteiger partial charge in [-0.25, -0.2) is 8.42 Å². The van der Waals surface area contributed by atoms with Crippen LogP contribution in [-0.4, -0.2) is 35.9 Å². The minimum atomic E-state index is -3.95. The molecule has 0 aliphatic carbocycles. The summed E-state index contributed by atoms with van der Waals surface area (Å²) in [6.45, 7) is 6.38. The molecule has 2 aromatic carbocycles. The normalized spacial score (nSPS) is 13.3. The maximum Gasteiger partial charge on any atom is 0.252 e. The van der Waals surface area contributed by atoms with E-state index >= 15 is 0 Å². The lowest BCUT2D eigenvalue weighted by Gasteiger charge is -2.24. The Morgan fingerprint density at radius 3 is 2.33 bits per heavy atom. The van der Waals surface area contributed by atoms with Crippen LogP contribution in [-0.2, 0) is 23.1 Å². The molecule has 1 aliphatic heterocycles. The molecular weight excluding hydrogens is 478 g/mol. The van der Waals surface area contributed by atoms with Crippen molar-refractivity contribution in [1.29, 1.82) is 0 Å². The lowest BCUT2D eigenvalue weighted by atomic mass is 10.1. The van der Waals surface area contributed by atoms with Crippen LogP contribution in [0.4, 0.5) is 0 Å². The fraction of sp³-hybridized carbons (Fsp3) is 0.259. The summed E-state index contributed by atoms with van der Waals surface area (Å²) < 4.78 is 40.7. The Morgan fingerprint density at radius 1 is 0.972 bits per heavy atom. The van der Waals surface area contributed by atoms with Crippen molar-refractivity contribution in [3.05, 3.63) is 93.0 Å². The van der Waals surface area contributed by atoms with Gasteiger partial charge in [0.15, 0.2) is 11.5 Å². The topological polar surface area (TPSA) is 102 Å². The zero-order chi connectivity index (χ0) is 25.4. The molecule has 0 atom stereocenters. The predicted molar refractivity (Wildman–Crippen MR) is 137 cm³/mol. The van der Waals surface area contributed by atoms with Gasteiger partial charge in [-0.3, -0.25) is 9.78 Å². The second-order valence-corrected chi connectivity index (χ2v) is 10.9. The quantitative estimate of drug-likeness (QED) is 0.425. The first-order valence-corrected chi connectivity index (χ1v) is 13.1. The van der Waals surface area contributed by atoms with Crippen molar-refractivity contribution in [3.8, 4) is 11.5 Å². The number of benzene rings is 2. The van der Waals surface area contributed by atoms with Crippen LogP contribution >= 0.6 is 0 Å². The maximum absolute atomic E-state index is 14.0. The van der Waals surface area contributed by atoms with Crippen LogP contribution < -0.4 is 15.0 Å². The first-order valence-electron chi connectivity index (χ1n) is 11.6. The van der Waals surface area contributed by atoms with Gasteiger partial charge in [0.05, 0.1) is 10.4 Å². The van der Waals surface area contributed by atoms with Crippen LogP contribution in [0.3, 0.4) is 0 Å². The van der Waals surface area contributed by atoms with Gasteiger partial charge >= 0.3 is 0 Å². The maximum atomic E-state index is 14.0. The summed E-state index contributed by atoms with van der Waals surface area (Å²) in [7, 11) is -3.95. The summed E-state index contributed by atoms with van der Waals surface area (Å²) in [6, 6.07) is 12.5. The summed E-state index contributed by atoms with van der Waals surface area (Å²) in [5.41, 5.74) is 3.61. The molecule has 9 heteroatoms. The van der Waals surface area contributed by atoms with Crippen molar-refractivity contribution < 1.29 is 17.9 Å². The van der Waals surface area contributed by atoms with Gasteiger partial charge in [-0.15, -0.1) is 0 Å². The minimum Gasteiger partial charge on any atom is -0.486 e. The first kappa shape index (κ1) is 24.0. The molecule has 0 spiro atoms. The summed E-state index contributed by atoms with van der Waals surface area (Å²) >= 11 is 0. The van der Waals surface area contributed by atoms with Crippen LogP contribution in [0.2, 0.25) is 0 Å². The highest BCUT2D eigenvalue weighted by Crippen LogP contribution is 2.34. The number of hydrogen-bond acceptors (Lipinski definition) is 6. The van der Waals surface area contributed by atoms with Crippen molar-refractivity contribution in [2.75, 3.05) is 13.2 Å². The van der Waals surface area contributed by atoms with Crippen LogP contribution in [0.1, 0.15) is 27.8 Å². The third-order valence-corrected chi connectivity index (χ3v) is 8.31. The molecule has 0 fully saturated rings. The molecule has 3 heterocycles. The number of rotatable bonds is 6. The van der Waals surface area contributed by atoms with E-state index in [1.165, 1.54) is 4.31 Å². The van der Waals surface area contributed by atoms with E-state index in [0.29, 0.717) is 46.9 Å². The Morgan fingerprint density at radius 2 is 1.67 bits per heavy atom. The van der Waals surface area contributed by atoms with Gasteiger partial charge < -0.3 is 14.5 Å². The van der Waals surface area contributed by atoms with E-state index in [2.05, 4.69) is 9.97 Å². The molecule has 1 N–H and O–H groups in total. The van der Waals surface area contributed by atoms with Crippen molar-refractivity contribution in [1.82, 2.24) is 14.3 Å². The number of ether oxygens (including phenoxy) is 2. The second-order valence-electron chi connectivity index (χ2n) is 9.07. The summed E-state index contributed by atoms with van der Waals surface area (Å²) in [5, 5.41) is 0.732. The summed E-state index contributed by atoms with van der Waals surface area (Å²) in [4.78, 5) is 20.3. The fourth-order valence-corrected chi connectivity index (χ4v) is 6.54. The molecule has 0 saturated heterocycles. The highest BCUT2D eigenvalue weighted by Gasteiger charge is 2.29.